The van der Waals surface area contributed by atoms with Crippen molar-refractivity contribution in [2.24, 2.45) is 11.8 Å². The fraction of sp³-hybridized carbons (Fsp3) is 0.419. The van der Waals surface area contributed by atoms with E-state index in [-0.39, 0.29) is 36.3 Å². The van der Waals surface area contributed by atoms with E-state index in [9.17, 15) is 19.2 Å². The second kappa shape index (κ2) is 13.8. The van der Waals surface area contributed by atoms with Gasteiger partial charge in [-0.05, 0) is 61.9 Å². The number of ether oxygens (including phenoxy) is 2. The summed E-state index contributed by atoms with van der Waals surface area (Å²) in [5.74, 6) is -0.600. The third-order valence-corrected chi connectivity index (χ3v) is 7.17. The lowest BCUT2D eigenvalue weighted by atomic mass is 9.90. The van der Waals surface area contributed by atoms with Gasteiger partial charge in [0, 0.05) is 23.4 Å². The number of carbonyl (C=O) groups excluding carboxylic acids is 4. The number of para-hydroxylation sites is 1. The quantitative estimate of drug-likeness (QED) is 0.252. The number of nitrogens with one attached hydrogen (secondary N) is 4. The molecule has 0 spiro atoms. The fourth-order valence-corrected chi connectivity index (χ4v) is 5.03. The standard InChI is InChI=1S/C31H38N4O6/c1-19(2)15-25(35-31(39)26-17-22-23(33-26)12-7-13-28(22)40-3)30(38)34-24(16-20-9-8-14-32-29(20)37)27(36)18-41-21-10-5-4-6-11-21/h4-7,10-13,17,19-20,24-25,33H,8-9,14-16,18H2,1-3H3,(H,32,37)(H,34,38)(H,35,39)/t20-,24-,25-/m0/s1. The summed E-state index contributed by atoms with van der Waals surface area (Å²) in [4.78, 5) is 55.7. The van der Waals surface area contributed by atoms with Gasteiger partial charge in [-0.15, -0.1) is 0 Å². The number of ketones is 1. The number of rotatable bonds is 13. The van der Waals surface area contributed by atoms with E-state index in [1.807, 2.05) is 32.0 Å². The maximum atomic E-state index is 13.6. The van der Waals surface area contributed by atoms with Gasteiger partial charge in [-0.2, -0.15) is 0 Å². The van der Waals surface area contributed by atoms with Crippen LogP contribution in [0.25, 0.3) is 10.9 Å². The van der Waals surface area contributed by atoms with Crippen LogP contribution in [0.4, 0.5) is 0 Å². The predicted molar refractivity (Wildman–Crippen MR) is 155 cm³/mol. The SMILES string of the molecule is COc1cccc2[nH]c(C(=O)N[C@@H](CC(C)C)C(=O)N[C@@H](C[C@@H]3CCCNC3=O)C(=O)COc3ccccc3)cc12. The maximum absolute atomic E-state index is 13.6. The molecule has 3 amide bonds. The van der Waals surface area contributed by atoms with Crippen LogP contribution in [0.2, 0.25) is 0 Å². The number of H-pyrrole nitrogens is 1. The van der Waals surface area contributed by atoms with E-state index >= 15 is 0 Å². The highest BCUT2D eigenvalue weighted by Gasteiger charge is 2.33. The number of carbonyl (C=O) groups is 4. The Balaban J connectivity index is 1.50. The minimum Gasteiger partial charge on any atom is -0.496 e. The van der Waals surface area contributed by atoms with Crippen molar-refractivity contribution in [2.45, 2.75) is 51.6 Å². The monoisotopic (exact) mass is 562 g/mol. The number of methoxy groups -OCH3 is 1. The smallest absolute Gasteiger partial charge is 0.268 e. The first-order valence-corrected chi connectivity index (χ1v) is 14.0. The van der Waals surface area contributed by atoms with Crippen molar-refractivity contribution in [3.63, 3.8) is 0 Å². The number of benzene rings is 2. The van der Waals surface area contributed by atoms with Gasteiger partial charge < -0.3 is 30.4 Å². The molecule has 218 valence electrons. The molecule has 10 heteroatoms. The summed E-state index contributed by atoms with van der Waals surface area (Å²) in [5.41, 5.74) is 1.02. The third-order valence-electron chi connectivity index (χ3n) is 7.17. The summed E-state index contributed by atoms with van der Waals surface area (Å²) in [6.07, 6.45) is 1.93. The summed E-state index contributed by atoms with van der Waals surface area (Å²) >= 11 is 0. The molecule has 2 heterocycles. The topological polar surface area (TPSA) is 139 Å². The Kier molecular flexibility index (Phi) is 10.00. The average Bonchev–Trinajstić information content (AvgIpc) is 3.41. The molecule has 1 aliphatic rings. The summed E-state index contributed by atoms with van der Waals surface area (Å²) in [5, 5.41) is 9.25. The van der Waals surface area contributed by atoms with Crippen molar-refractivity contribution in [3.05, 3.63) is 60.3 Å². The van der Waals surface area contributed by atoms with Crippen LogP contribution in [0.5, 0.6) is 11.5 Å². The molecule has 0 unspecified atom stereocenters. The van der Waals surface area contributed by atoms with Gasteiger partial charge in [0.05, 0.1) is 13.2 Å². The van der Waals surface area contributed by atoms with Crippen LogP contribution in [-0.4, -0.2) is 60.8 Å². The highest BCUT2D eigenvalue weighted by molar-refractivity contribution is 6.02. The van der Waals surface area contributed by atoms with Crippen LogP contribution in [0, 0.1) is 11.8 Å². The van der Waals surface area contributed by atoms with Gasteiger partial charge in [0.15, 0.2) is 5.78 Å². The minimum atomic E-state index is -0.955. The second-order valence-corrected chi connectivity index (χ2v) is 10.8. The Morgan fingerprint density at radius 2 is 1.80 bits per heavy atom. The van der Waals surface area contributed by atoms with Crippen molar-refractivity contribution in [3.8, 4) is 11.5 Å². The molecule has 1 saturated heterocycles. The summed E-state index contributed by atoms with van der Waals surface area (Å²) in [7, 11) is 1.56. The van der Waals surface area contributed by atoms with Gasteiger partial charge in [-0.3, -0.25) is 19.2 Å². The molecule has 0 saturated carbocycles. The van der Waals surface area contributed by atoms with Gasteiger partial charge in [0.25, 0.3) is 5.91 Å². The first-order chi connectivity index (χ1) is 19.7. The number of aromatic nitrogens is 1. The van der Waals surface area contributed by atoms with E-state index in [0.29, 0.717) is 30.9 Å². The van der Waals surface area contributed by atoms with E-state index in [4.69, 9.17) is 9.47 Å². The van der Waals surface area contributed by atoms with Crippen LogP contribution >= 0.6 is 0 Å². The van der Waals surface area contributed by atoms with Gasteiger partial charge in [0.1, 0.15) is 29.8 Å². The lowest BCUT2D eigenvalue weighted by molar-refractivity contribution is -0.132. The van der Waals surface area contributed by atoms with E-state index in [0.717, 1.165) is 17.3 Å². The van der Waals surface area contributed by atoms with Gasteiger partial charge in [0.2, 0.25) is 11.8 Å². The summed E-state index contributed by atoms with van der Waals surface area (Å²) in [6.45, 7) is 4.23. The first kappa shape index (κ1) is 29.6. The summed E-state index contributed by atoms with van der Waals surface area (Å²) in [6, 6.07) is 14.2. The molecule has 10 nitrogen and oxygen atoms in total. The summed E-state index contributed by atoms with van der Waals surface area (Å²) < 4.78 is 11.0. The Morgan fingerprint density at radius 3 is 2.51 bits per heavy atom. The van der Waals surface area contributed by atoms with E-state index < -0.39 is 29.8 Å². The van der Waals surface area contributed by atoms with Crippen LogP contribution in [0.3, 0.4) is 0 Å². The lowest BCUT2D eigenvalue weighted by Crippen LogP contribution is -2.54. The Labute approximate surface area is 239 Å². The Bertz CT molecular complexity index is 1370. The lowest BCUT2D eigenvalue weighted by Gasteiger charge is -2.28. The second-order valence-electron chi connectivity index (χ2n) is 10.8. The zero-order valence-electron chi connectivity index (χ0n) is 23.7. The van der Waals surface area contributed by atoms with Crippen molar-refractivity contribution in [2.75, 3.05) is 20.3 Å². The highest BCUT2D eigenvalue weighted by atomic mass is 16.5. The predicted octanol–water partition coefficient (Wildman–Crippen LogP) is 3.37. The normalized spacial score (nSPS) is 16.5. The van der Waals surface area contributed by atoms with E-state index in [1.165, 1.54) is 0 Å². The molecular formula is C31H38N4O6. The maximum Gasteiger partial charge on any atom is 0.268 e. The van der Waals surface area contributed by atoms with Crippen molar-refractivity contribution in [1.29, 1.82) is 0 Å². The molecule has 1 fully saturated rings. The van der Waals surface area contributed by atoms with Gasteiger partial charge >= 0.3 is 0 Å². The zero-order valence-corrected chi connectivity index (χ0v) is 23.7. The molecule has 0 radical (unpaired) electrons. The Morgan fingerprint density at radius 1 is 1.02 bits per heavy atom. The largest absolute Gasteiger partial charge is 0.496 e. The van der Waals surface area contributed by atoms with Gasteiger partial charge in [-0.25, -0.2) is 0 Å². The Hall–Kier alpha value is -4.34. The van der Waals surface area contributed by atoms with E-state index in [2.05, 4.69) is 20.9 Å². The molecule has 0 aliphatic carbocycles. The fourth-order valence-electron chi connectivity index (χ4n) is 5.03. The average molecular weight is 563 g/mol. The minimum absolute atomic E-state index is 0.0774. The zero-order chi connectivity index (χ0) is 29.4. The molecule has 0 bridgehead atoms. The van der Waals surface area contributed by atoms with Crippen LogP contribution < -0.4 is 25.4 Å². The number of aromatic amines is 1. The van der Waals surface area contributed by atoms with Crippen molar-refractivity contribution >= 4 is 34.4 Å². The first-order valence-electron chi connectivity index (χ1n) is 14.0. The molecule has 41 heavy (non-hydrogen) atoms. The van der Waals surface area contributed by atoms with Gasteiger partial charge in [-0.1, -0.05) is 38.1 Å². The van der Waals surface area contributed by atoms with Crippen LogP contribution in [-0.2, 0) is 14.4 Å². The molecular weight excluding hydrogens is 524 g/mol. The molecule has 3 aromatic rings. The number of fused-ring (bicyclic) bond motifs is 1. The molecule has 4 N–H and O–H groups in total. The van der Waals surface area contributed by atoms with Crippen LogP contribution in [0.1, 0.15) is 50.0 Å². The van der Waals surface area contributed by atoms with Crippen molar-refractivity contribution < 1.29 is 28.7 Å². The number of hydrogen-bond donors (Lipinski definition) is 4. The highest BCUT2D eigenvalue weighted by Crippen LogP contribution is 2.26. The molecule has 2 aromatic carbocycles. The van der Waals surface area contributed by atoms with E-state index in [1.54, 1.807) is 43.5 Å². The molecule has 1 aliphatic heterocycles. The number of amides is 3. The van der Waals surface area contributed by atoms with Crippen molar-refractivity contribution in [1.82, 2.24) is 20.9 Å². The number of hydrogen-bond acceptors (Lipinski definition) is 6. The molecule has 3 atom stereocenters. The third kappa shape index (κ3) is 7.87. The molecule has 4 rings (SSSR count). The number of piperidine rings is 1. The molecule has 1 aromatic heterocycles. The number of Topliss-reactive ketones (excluding diaryl/α,β-unsaturated/α-hetero) is 1. The van der Waals surface area contributed by atoms with Crippen LogP contribution in [0.15, 0.2) is 54.6 Å².